The second-order valence-corrected chi connectivity index (χ2v) is 13.3. The van der Waals surface area contributed by atoms with Crippen LogP contribution in [0.3, 0.4) is 0 Å². The minimum atomic E-state index is -0.673. The lowest BCUT2D eigenvalue weighted by atomic mass is 10.1. The van der Waals surface area contributed by atoms with Gasteiger partial charge in [-0.15, -0.1) is 0 Å². The minimum Gasteiger partial charge on any atom is -0.453 e. The summed E-state index contributed by atoms with van der Waals surface area (Å²) in [4.78, 5) is 46.2. The number of amides is 1. The van der Waals surface area contributed by atoms with Gasteiger partial charge in [-0.25, -0.2) is 4.39 Å². The van der Waals surface area contributed by atoms with Crippen LogP contribution in [0.25, 0.3) is 49.8 Å². The molecule has 3 aromatic heterocycles. The van der Waals surface area contributed by atoms with E-state index in [1.54, 1.807) is 22.6 Å². The van der Waals surface area contributed by atoms with Gasteiger partial charge in [-0.1, -0.05) is 0 Å². The Bertz CT molecular complexity index is 2410. The predicted octanol–water partition coefficient (Wildman–Crippen LogP) is 5.38. The summed E-state index contributed by atoms with van der Waals surface area (Å²) in [6.45, 7) is 5.73. The lowest BCUT2D eigenvalue weighted by molar-refractivity contribution is -0.384. The van der Waals surface area contributed by atoms with E-state index < -0.39 is 22.1 Å². The van der Waals surface area contributed by atoms with Crippen molar-refractivity contribution in [2.75, 3.05) is 64.8 Å². The molecule has 0 bridgehead atoms. The van der Waals surface area contributed by atoms with Gasteiger partial charge < -0.3 is 38.5 Å². The molecule has 1 amide bonds. The van der Waals surface area contributed by atoms with E-state index in [1.807, 2.05) is 0 Å². The molecule has 6 aromatic rings. The van der Waals surface area contributed by atoms with Crippen LogP contribution >= 0.6 is 0 Å². The number of aromatic amines is 1. The van der Waals surface area contributed by atoms with Gasteiger partial charge in [-0.2, -0.15) is 0 Å². The second-order valence-electron chi connectivity index (χ2n) is 13.3. The van der Waals surface area contributed by atoms with E-state index >= 15 is 4.39 Å². The summed E-state index contributed by atoms with van der Waals surface area (Å²) in [5, 5.41) is 17.5. The largest absolute Gasteiger partial charge is 0.453 e. The molecule has 3 N–H and O–H groups in total. The van der Waals surface area contributed by atoms with Gasteiger partial charge in [0.15, 0.2) is 28.1 Å². The van der Waals surface area contributed by atoms with Crippen molar-refractivity contribution < 1.29 is 27.7 Å². The zero-order chi connectivity index (χ0) is 35.2. The fraction of sp³-hybridized carbons (Fsp3) is 0.389. The Hall–Kier alpha value is -5.25. The van der Waals surface area contributed by atoms with Gasteiger partial charge in [0.05, 0.1) is 46.1 Å². The minimum absolute atomic E-state index is 0.00655. The fourth-order valence-corrected chi connectivity index (χ4v) is 7.36. The van der Waals surface area contributed by atoms with Crippen molar-refractivity contribution in [3.8, 4) is 0 Å². The molecule has 2 saturated heterocycles. The Labute approximate surface area is 289 Å². The number of nitrogens with zero attached hydrogens (tertiary/aromatic N) is 4. The molecule has 2 aliphatic heterocycles. The maximum absolute atomic E-state index is 16.0. The topological polar surface area (TPSA) is 164 Å². The van der Waals surface area contributed by atoms with Crippen LogP contribution in [-0.2, 0) is 4.74 Å². The van der Waals surface area contributed by atoms with Crippen molar-refractivity contribution in [3.63, 3.8) is 0 Å². The molecule has 0 saturated carbocycles. The lowest BCUT2D eigenvalue weighted by Crippen LogP contribution is -2.37. The van der Waals surface area contributed by atoms with Gasteiger partial charge in [0, 0.05) is 56.6 Å². The van der Waals surface area contributed by atoms with E-state index in [0.717, 1.165) is 57.9 Å². The number of likely N-dealkylation sites (tertiary alicyclic amines) is 1. The SMILES string of the molecule is CN1CCCC1CCNC(=O)c1cn2c3cc4oc5cc([N+](=O)[O-])ccc5[nH]c4cc3oc3c(NCCCN4CCOCC4)c(F)cc(c1=O)c32. The molecule has 15 heteroatoms. The molecule has 14 nitrogen and oxygen atoms in total. The maximum Gasteiger partial charge on any atom is 0.273 e. The van der Waals surface area contributed by atoms with E-state index in [2.05, 4.69) is 32.5 Å². The van der Waals surface area contributed by atoms with Gasteiger partial charge in [0.2, 0.25) is 5.43 Å². The number of rotatable bonds is 10. The van der Waals surface area contributed by atoms with E-state index in [4.69, 9.17) is 13.6 Å². The average molecular weight is 700 g/mol. The van der Waals surface area contributed by atoms with Crippen LogP contribution < -0.4 is 16.1 Å². The Morgan fingerprint density at radius 2 is 1.88 bits per heavy atom. The first-order chi connectivity index (χ1) is 24.7. The number of carbonyl (C=O) groups is 1. The number of ether oxygens (including phenoxy) is 1. The molecule has 2 fully saturated rings. The van der Waals surface area contributed by atoms with Crippen molar-refractivity contribution in [2.24, 2.45) is 0 Å². The Balaban J connectivity index is 1.24. The molecule has 0 aliphatic carbocycles. The zero-order valence-electron chi connectivity index (χ0n) is 28.1. The Kier molecular flexibility index (Phi) is 8.69. The summed E-state index contributed by atoms with van der Waals surface area (Å²) in [6, 6.07) is 9.14. The smallest absolute Gasteiger partial charge is 0.273 e. The van der Waals surface area contributed by atoms with Crippen molar-refractivity contribution in [1.82, 2.24) is 24.5 Å². The summed E-state index contributed by atoms with van der Waals surface area (Å²) >= 11 is 0. The number of aromatic nitrogens is 2. The van der Waals surface area contributed by atoms with Crippen LogP contribution in [-0.4, -0.2) is 95.6 Å². The number of nitro groups is 1. The van der Waals surface area contributed by atoms with E-state index in [9.17, 15) is 19.7 Å². The molecule has 1 unspecified atom stereocenters. The summed E-state index contributed by atoms with van der Waals surface area (Å²) in [7, 11) is 2.07. The number of nitrogens with one attached hydrogen (secondary N) is 3. The molecule has 0 radical (unpaired) electrons. The molecule has 8 rings (SSSR count). The fourth-order valence-electron chi connectivity index (χ4n) is 7.36. The molecular formula is C36H38FN7O7. The number of hydrogen-bond donors (Lipinski definition) is 3. The maximum atomic E-state index is 16.0. The van der Waals surface area contributed by atoms with Crippen molar-refractivity contribution >= 4 is 67.1 Å². The first-order valence-corrected chi connectivity index (χ1v) is 17.3. The van der Waals surface area contributed by atoms with Crippen LogP contribution in [0.4, 0.5) is 15.8 Å². The number of benzene rings is 3. The third kappa shape index (κ3) is 6.21. The molecule has 51 heavy (non-hydrogen) atoms. The quantitative estimate of drug-likeness (QED) is 0.0556. The second kappa shape index (κ2) is 13.5. The predicted molar refractivity (Wildman–Crippen MR) is 191 cm³/mol. The van der Waals surface area contributed by atoms with Crippen LogP contribution in [0.1, 0.15) is 36.0 Å². The number of pyridine rings is 1. The normalized spacial score (nSPS) is 17.3. The molecule has 5 heterocycles. The summed E-state index contributed by atoms with van der Waals surface area (Å²) in [6.07, 6.45) is 5.11. The van der Waals surface area contributed by atoms with Gasteiger partial charge in [-0.3, -0.25) is 24.6 Å². The molecule has 1 atom stereocenters. The lowest BCUT2D eigenvalue weighted by Gasteiger charge is -2.26. The van der Waals surface area contributed by atoms with Gasteiger partial charge in [0.25, 0.3) is 11.6 Å². The number of carbonyl (C=O) groups excluding carboxylic acids is 1. The number of fused-ring (bicyclic) bond motifs is 4. The van der Waals surface area contributed by atoms with Crippen LogP contribution in [0.2, 0.25) is 0 Å². The van der Waals surface area contributed by atoms with Gasteiger partial charge in [0.1, 0.15) is 16.8 Å². The molecule has 0 spiro atoms. The Morgan fingerprint density at radius 1 is 1.06 bits per heavy atom. The van der Waals surface area contributed by atoms with E-state index in [0.29, 0.717) is 65.6 Å². The van der Waals surface area contributed by atoms with E-state index in [1.165, 1.54) is 18.3 Å². The first-order valence-electron chi connectivity index (χ1n) is 17.3. The highest BCUT2D eigenvalue weighted by Crippen LogP contribution is 2.35. The van der Waals surface area contributed by atoms with Gasteiger partial charge in [-0.05, 0) is 58.0 Å². The third-order valence-corrected chi connectivity index (χ3v) is 10.1. The van der Waals surface area contributed by atoms with Crippen molar-refractivity contribution in [1.29, 1.82) is 0 Å². The number of morpholine rings is 1. The summed E-state index contributed by atoms with van der Waals surface area (Å²) in [5.41, 5.74) is 2.07. The highest BCUT2D eigenvalue weighted by molar-refractivity contribution is 6.07. The number of non-ortho nitro benzene ring substituents is 1. The number of anilines is 1. The molecule has 3 aromatic carbocycles. The van der Waals surface area contributed by atoms with Crippen LogP contribution in [0.5, 0.6) is 0 Å². The highest BCUT2D eigenvalue weighted by atomic mass is 19.1. The summed E-state index contributed by atoms with van der Waals surface area (Å²) < 4.78 is 35.7. The number of hydrogen-bond acceptors (Lipinski definition) is 10. The van der Waals surface area contributed by atoms with Crippen molar-refractivity contribution in [3.05, 3.63) is 74.3 Å². The zero-order valence-corrected chi connectivity index (χ0v) is 28.1. The van der Waals surface area contributed by atoms with Crippen LogP contribution in [0, 0.1) is 15.9 Å². The number of halogens is 1. The Morgan fingerprint density at radius 3 is 2.67 bits per heavy atom. The highest BCUT2D eigenvalue weighted by Gasteiger charge is 2.25. The van der Waals surface area contributed by atoms with Crippen LogP contribution in [0.15, 0.2) is 56.2 Å². The monoisotopic (exact) mass is 699 g/mol. The van der Waals surface area contributed by atoms with Gasteiger partial charge >= 0.3 is 0 Å². The molecular weight excluding hydrogens is 661 g/mol. The number of H-pyrrole nitrogens is 1. The van der Waals surface area contributed by atoms with Crippen molar-refractivity contribution in [2.45, 2.75) is 31.7 Å². The third-order valence-electron chi connectivity index (χ3n) is 10.1. The number of nitro benzene ring substituents is 1. The van der Waals surface area contributed by atoms with E-state index in [-0.39, 0.29) is 33.5 Å². The standard InChI is InChI=1S/C36H38FN7O7/c1-41-10-2-4-21(41)7-9-39-36(46)24-20-43-28-19-30-27(40-26-6-5-22(44(47)48)16-29(26)50-30)18-31(28)51-35-32(25(37)17-23(33(35)43)34(24)45)38-8-3-11-42-12-14-49-15-13-42/h5-6,16-21,38,40H,2-4,7-15H2,1H3,(H,39,46). The average Bonchev–Trinajstić information content (AvgIpc) is 3.54. The molecule has 2 aliphatic rings. The summed E-state index contributed by atoms with van der Waals surface area (Å²) in [5.74, 6) is -1.23. The molecule has 266 valence electrons. The first kappa shape index (κ1) is 32.9.